The number of aryl methyl sites for hydroxylation is 1. The Balaban J connectivity index is 2.10. The van der Waals surface area contributed by atoms with Crippen molar-refractivity contribution in [3.05, 3.63) is 59.5 Å². The van der Waals surface area contributed by atoms with Gasteiger partial charge in [-0.05, 0) is 48.7 Å². The van der Waals surface area contributed by atoms with Gasteiger partial charge in [-0.1, -0.05) is 11.1 Å². The van der Waals surface area contributed by atoms with Crippen LogP contribution in [0, 0.1) is 19.3 Å². The van der Waals surface area contributed by atoms with Crippen molar-refractivity contribution in [3.63, 3.8) is 0 Å². The molecule has 0 saturated carbocycles. The lowest BCUT2D eigenvalue weighted by atomic mass is 10.1. The highest BCUT2D eigenvalue weighted by molar-refractivity contribution is 8.15. The van der Waals surface area contributed by atoms with E-state index >= 15 is 0 Å². The predicted octanol–water partition coefficient (Wildman–Crippen LogP) is 4.38. The minimum absolute atomic E-state index is 0.0282. The van der Waals surface area contributed by atoms with Gasteiger partial charge in [-0.3, -0.25) is 0 Å². The maximum atomic E-state index is 11.8. The lowest BCUT2D eigenvalue weighted by molar-refractivity contribution is 0.183. The van der Waals surface area contributed by atoms with E-state index in [0.717, 1.165) is 5.56 Å². The molecule has 0 atom stereocenters. The molecular weight excluding hydrogens is 416 g/mol. The topological polar surface area (TPSA) is 110 Å². The molecule has 0 bridgehead atoms. The summed E-state index contributed by atoms with van der Waals surface area (Å²) in [5, 5.41) is 14.3. The highest BCUT2D eigenvalue weighted by atomic mass is 32.2. The van der Waals surface area contributed by atoms with Crippen molar-refractivity contribution in [2.75, 3.05) is 13.4 Å². The molecule has 1 heterocycles. The van der Waals surface area contributed by atoms with Gasteiger partial charge in [0.25, 0.3) is 0 Å². The first kappa shape index (κ1) is 21.8. The number of carbonyl (C=O) groups excluding carboxylic acids is 1. The van der Waals surface area contributed by atoms with Crippen molar-refractivity contribution >= 4 is 34.3 Å². The van der Waals surface area contributed by atoms with E-state index in [4.69, 9.17) is 10.9 Å². The van der Waals surface area contributed by atoms with Crippen molar-refractivity contribution < 1.29 is 19.2 Å². The molecule has 9 heteroatoms. The minimum atomic E-state index is -0.766. The molecule has 2 aromatic carbocycles. The van der Waals surface area contributed by atoms with Crippen molar-refractivity contribution in [3.8, 4) is 29.5 Å². The largest absolute Gasteiger partial charge is 0.508 e. The van der Waals surface area contributed by atoms with Gasteiger partial charge in [-0.25, -0.2) is 9.79 Å². The Labute approximate surface area is 183 Å². The number of rotatable bonds is 4. The standard InChI is InChI=1S/C22H18N4O4S/c1-5-14-10-16(12-18(27)11-14)19(21(31-4)25-22(28)29-3)24-17-8-6-15(7-9-17)20-23-13(2)30-26-20/h1,6-12,27H,2-4H3/b24-19-,25-21-. The van der Waals surface area contributed by atoms with Gasteiger partial charge in [-0.2, -0.15) is 9.98 Å². The molecule has 0 aliphatic heterocycles. The first-order chi connectivity index (χ1) is 14.9. The molecule has 1 aromatic heterocycles. The zero-order valence-electron chi connectivity index (χ0n) is 17.0. The summed E-state index contributed by atoms with van der Waals surface area (Å²) in [7, 11) is 1.24. The van der Waals surface area contributed by atoms with Crippen molar-refractivity contribution in [2.24, 2.45) is 9.98 Å². The quantitative estimate of drug-likeness (QED) is 0.368. The fourth-order valence-corrected chi connectivity index (χ4v) is 3.14. The Morgan fingerprint density at radius 1 is 1.26 bits per heavy atom. The molecular formula is C22H18N4O4S. The summed E-state index contributed by atoms with van der Waals surface area (Å²) < 4.78 is 9.66. The molecule has 156 valence electrons. The van der Waals surface area contributed by atoms with Crippen LogP contribution in [0.2, 0.25) is 0 Å². The number of aromatic hydroxyl groups is 1. The first-order valence-corrected chi connectivity index (χ1v) is 10.2. The van der Waals surface area contributed by atoms with E-state index in [0.29, 0.717) is 39.3 Å². The van der Waals surface area contributed by atoms with E-state index < -0.39 is 6.09 Å². The molecule has 3 aromatic rings. The van der Waals surface area contributed by atoms with Crippen LogP contribution < -0.4 is 0 Å². The SMILES string of the molecule is C#Cc1cc(O)cc(C(=N/c2ccc(-c3noc(C)n3)cc2)/C(=N/C(=O)OC)SC)c1. The zero-order chi connectivity index (χ0) is 22.4. The third kappa shape index (κ3) is 5.38. The van der Waals surface area contributed by atoms with Crippen LogP contribution in [0.4, 0.5) is 10.5 Å². The number of phenolic OH excluding ortho intramolecular Hbond substituents is 1. The van der Waals surface area contributed by atoms with Gasteiger partial charge >= 0.3 is 6.09 Å². The second-order valence-electron chi connectivity index (χ2n) is 6.15. The molecule has 0 aliphatic rings. The number of ether oxygens (including phenoxy) is 1. The second-order valence-corrected chi connectivity index (χ2v) is 6.94. The van der Waals surface area contributed by atoms with Crippen LogP contribution in [-0.4, -0.2) is 45.5 Å². The minimum Gasteiger partial charge on any atom is -0.508 e. The summed E-state index contributed by atoms with van der Waals surface area (Å²) in [6, 6.07) is 11.8. The number of nitrogens with zero attached hydrogens (tertiary/aromatic N) is 4. The Hall–Kier alpha value is -3.90. The van der Waals surface area contributed by atoms with Gasteiger partial charge < -0.3 is 14.4 Å². The number of hydrogen-bond acceptors (Lipinski definition) is 8. The van der Waals surface area contributed by atoms with Gasteiger partial charge in [0.15, 0.2) is 0 Å². The van der Waals surface area contributed by atoms with Crippen LogP contribution in [0.1, 0.15) is 17.0 Å². The van der Waals surface area contributed by atoms with E-state index in [2.05, 4.69) is 30.8 Å². The number of phenols is 1. The van der Waals surface area contributed by atoms with Crippen LogP contribution >= 0.6 is 11.8 Å². The molecule has 0 saturated heterocycles. The molecule has 8 nitrogen and oxygen atoms in total. The maximum absolute atomic E-state index is 11.8. The number of thioether (sulfide) groups is 1. The predicted molar refractivity (Wildman–Crippen MR) is 120 cm³/mol. The molecule has 1 N–H and O–H groups in total. The zero-order valence-corrected chi connectivity index (χ0v) is 17.8. The molecule has 0 unspecified atom stereocenters. The van der Waals surface area contributed by atoms with Gasteiger partial charge in [0.1, 0.15) is 16.5 Å². The summed E-state index contributed by atoms with van der Waals surface area (Å²) in [5.74, 6) is 3.40. The summed E-state index contributed by atoms with van der Waals surface area (Å²) in [6.45, 7) is 1.71. The van der Waals surface area contributed by atoms with Gasteiger partial charge in [0.2, 0.25) is 11.7 Å². The van der Waals surface area contributed by atoms with Gasteiger partial charge in [0, 0.05) is 23.6 Å². The van der Waals surface area contributed by atoms with Crippen molar-refractivity contribution in [1.29, 1.82) is 0 Å². The average molecular weight is 434 g/mol. The van der Waals surface area contributed by atoms with Crippen molar-refractivity contribution in [1.82, 2.24) is 10.1 Å². The van der Waals surface area contributed by atoms with Crippen molar-refractivity contribution in [2.45, 2.75) is 6.92 Å². The highest BCUT2D eigenvalue weighted by Crippen LogP contribution is 2.24. The van der Waals surface area contributed by atoms with Crippen LogP contribution in [0.5, 0.6) is 5.75 Å². The molecule has 0 spiro atoms. The number of aromatic nitrogens is 2. The molecule has 31 heavy (non-hydrogen) atoms. The van der Waals surface area contributed by atoms with E-state index in [-0.39, 0.29) is 5.75 Å². The Kier molecular flexibility index (Phi) is 6.85. The Bertz CT molecular complexity index is 1210. The highest BCUT2D eigenvalue weighted by Gasteiger charge is 2.16. The normalized spacial score (nSPS) is 11.8. The number of hydrogen-bond donors (Lipinski definition) is 1. The molecule has 0 radical (unpaired) electrons. The summed E-state index contributed by atoms with van der Waals surface area (Å²) in [4.78, 5) is 24.6. The van der Waals surface area contributed by atoms with E-state index in [1.54, 1.807) is 43.5 Å². The summed E-state index contributed by atoms with van der Waals surface area (Å²) in [5.41, 5.74) is 2.66. The lowest BCUT2D eigenvalue weighted by Gasteiger charge is -2.10. The fraction of sp³-hybridized carbons (Fsp3) is 0.136. The monoisotopic (exact) mass is 434 g/mol. The molecule has 3 rings (SSSR count). The summed E-state index contributed by atoms with van der Waals surface area (Å²) >= 11 is 1.21. The Morgan fingerprint density at radius 2 is 2.00 bits per heavy atom. The first-order valence-electron chi connectivity index (χ1n) is 8.95. The van der Waals surface area contributed by atoms with E-state index in [9.17, 15) is 9.90 Å². The number of amides is 1. The number of carbonyl (C=O) groups is 1. The second kappa shape index (κ2) is 9.73. The number of terminal acetylenes is 1. The molecule has 1 amide bonds. The van der Waals surface area contributed by atoms with Crippen LogP contribution in [0.3, 0.4) is 0 Å². The van der Waals surface area contributed by atoms with Gasteiger partial charge in [-0.15, -0.1) is 18.2 Å². The third-order valence-electron chi connectivity index (χ3n) is 4.02. The Morgan fingerprint density at radius 3 is 2.58 bits per heavy atom. The fourth-order valence-electron chi connectivity index (χ4n) is 2.62. The smallest absolute Gasteiger partial charge is 0.434 e. The van der Waals surface area contributed by atoms with Crippen LogP contribution in [0.25, 0.3) is 11.4 Å². The average Bonchev–Trinajstić information content (AvgIpc) is 3.22. The van der Waals surface area contributed by atoms with Crippen LogP contribution in [-0.2, 0) is 4.74 Å². The van der Waals surface area contributed by atoms with E-state index in [1.165, 1.54) is 31.0 Å². The third-order valence-corrected chi connectivity index (χ3v) is 4.69. The van der Waals surface area contributed by atoms with Gasteiger partial charge in [0.05, 0.1) is 12.8 Å². The molecule has 0 aliphatic carbocycles. The van der Waals surface area contributed by atoms with E-state index in [1.807, 2.05) is 0 Å². The number of benzene rings is 2. The lowest BCUT2D eigenvalue weighted by Crippen LogP contribution is -2.14. The number of aliphatic imine (C=N–C) groups is 2. The van der Waals surface area contributed by atoms with Crippen LogP contribution in [0.15, 0.2) is 57.0 Å². The molecule has 0 fully saturated rings. The summed E-state index contributed by atoms with van der Waals surface area (Å²) in [6.07, 6.45) is 6.48. The maximum Gasteiger partial charge on any atom is 0.434 e. The number of methoxy groups -OCH3 is 1.